The average molecular weight is 200 g/mol. The lowest BCUT2D eigenvalue weighted by Gasteiger charge is -2.39. The third-order valence-electron chi connectivity index (χ3n) is 1.84. The van der Waals surface area contributed by atoms with Gasteiger partial charge in [0.2, 0.25) is 6.41 Å². The van der Waals surface area contributed by atoms with Crippen molar-refractivity contribution in [2.45, 2.75) is 32.4 Å². The topological polar surface area (TPSA) is 58.6 Å². The maximum atomic E-state index is 11.4. The number of carbonyl (C=O) groups is 2. The lowest BCUT2D eigenvalue weighted by molar-refractivity contribution is -0.111. The molecule has 80 valence electrons. The van der Waals surface area contributed by atoms with Crippen LogP contribution < -0.4 is 5.32 Å². The van der Waals surface area contributed by atoms with Crippen molar-refractivity contribution in [3.8, 4) is 0 Å². The van der Waals surface area contributed by atoms with Crippen LogP contribution in [0, 0.1) is 0 Å². The number of nitrogens with zero attached hydrogens (tertiary/aromatic N) is 1. The van der Waals surface area contributed by atoms with Gasteiger partial charge in [-0.3, -0.25) is 4.79 Å². The van der Waals surface area contributed by atoms with Crippen molar-refractivity contribution in [2.75, 3.05) is 13.1 Å². The van der Waals surface area contributed by atoms with Gasteiger partial charge in [-0.05, 0) is 20.8 Å². The van der Waals surface area contributed by atoms with Crippen LogP contribution in [0.1, 0.15) is 20.8 Å². The first-order valence-electron chi connectivity index (χ1n) is 4.60. The molecule has 0 aromatic carbocycles. The summed E-state index contributed by atoms with van der Waals surface area (Å²) < 4.78 is 5.14. The molecule has 5 nitrogen and oxygen atoms in total. The van der Waals surface area contributed by atoms with Crippen molar-refractivity contribution in [1.29, 1.82) is 0 Å². The fourth-order valence-electron chi connectivity index (χ4n) is 1.16. The summed E-state index contributed by atoms with van der Waals surface area (Å²) in [5, 5.41) is 2.60. The first-order valence-corrected chi connectivity index (χ1v) is 4.60. The molecule has 0 bridgehead atoms. The highest BCUT2D eigenvalue weighted by Crippen LogP contribution is 2.14. The summed E-state index contributed by atoms with van der Waals surface area (Å²) in [6.45, 7) is 6.55. The predicted octanol–water partition coefficient (Wildman–Crippen LogP) is 0.352. The molecule has 1 saturated heterocycles. The normalized spacial score (nSPS) is 17.2. The lowest BCUT2D eigenvalue weighted by atomic mass is 10.1. The van der Waals surface area contributed by atoms with E-state index in [1.165, 1.54) is 0 Å². The molecule has 1 heterocycles. The van der Waals surface area contributed by atoms with Gasteiger partial charge >= 0.3 is 6.09 Å². The Bertz CT molecular complexity index is 229. The minimum Gasteiger partial charge on any atom is -0.444 e. The van der Waals surface area contributed by atoms with Gasteiger partial charge in [0.05, 0.1) is 6.04 Å². The highest BCUT2D eigenvalue weighted by molar-refractivity contribution is 5.69. The second kappa shape index (κ2) is 3.86. The van der Waals surface area contributed by atoms with Crippen LogP contribution in [-0.2, 0) is 9.53 Å². The first kappa shape index (κ1) is 10.8. The Morgan fingerprint density at radius 3 is 2.50 bits per heavy atom. The second-order valence-corrected chi connectivity index (χ2v) is 4.37. The Morgan fingerprint density at radius 2 is 2.07 bits per heavy atom. The van der Waals surface area contributed by atoms with Crippen LogP contribution in [0.15, 0.2) is 0 Å². The highest BCUT2D eigenvalue weighted by atomic mass is 16.6. The van der Waals surface area contributed by atoms with Crippen molar-refractivity contribution in [3.05, 3.63) is 0 Å². The van der Waals surface area contributed by atoms with Gasteiger partial charge in [-0.15, -0.1) is 0 Å². The molecule has 2 amide bonds. The summed E-state index contributed by atoms with van der Waals surface area (Å²) in [5.41, 5.74) is -0.458. The minimum atomic E-state index is -0.458. The van der Waals surface area contributed by atoms with E-state index in [9.17, 15) is 9.59 Å². The van der Waals surface area contributed by atoms with E-state index in [1.54, 1.807) is 4.90 Å². The Balaban J connectivity index is 2.26. The number of hydrogen-bond donors (Lipinski definition) is 1. The monoisotopic (exact) mass is 200 g/mol. The van der Waals surface area contributed by atoms with Gasteiger partial charge in [0.25, 0.3) is 0 Å². The Hall–Kier alpha value is -1.26. The molecule has 1 N–H and O–H groups in total. The van der Waals surface area contributed by atoms with E-state index in [1.807, 2.05) is 20.8 Å². The zero-order valence-corrected chi connectivity index (χ0v) is 8.74. The molecule has 0 spiro atoms. The number of likely N-dealkylation sites (tertiary alicyclic amines) is 1. The van der Waals surface area contributed by atoms with Crippen molar-refractivity contribution in [2.24, 2.45) is 0 Å². The maximum absolute atomic E-state index is 11.4. The van der Waals surface area contributed by atoms with Crippen LogP contribution in [0.25, 0.3) is 0 Å². The van der Waals surface area contributed by atoms with Gasteiger partial charge in [-0.1, -0.05) is 0 Å². The van der Waals surface area contributed by atoms with Crippen LogP contribution in [0.4, 0.5) is 4.79 Å². The third-order valence-corrected chi connectivity index (χ3v) is 1.84. The van der Waals surface area contributed by atoms with Crippen LogP contribution >= 0.6 is 0 Å². The Kier molecular flexibility index (Phi) is 2.98. The van der Waals surface area contributed by atoms with Crippen LogP contribution in [0.5, 0.6) is 0 Å². The van der Waals surface area contributed by atoms with Crippen molar-refractivity contribution < 1.29 is 14.3 Å². The fourth-order valence-corrected chi connectivity index (χ4v) is 1.16. The fraction of sp³-hybridized carbons (Fsp3) is 0.778. The van der Waals surface area contributed by atoms with E-state index in [-0.39, 0.29) is 12.1 Å². The van der Waals surface area contributed by atoms with Crippen molar-refractivity contribution in [3.63, 3.8) is 0 Å². The van der Waals surface area contributed by atoms with Gasteiger partial charge in [-0.2, -0.15) is 0 Å². The second-order valence-electron chi connectivity index (χ2n) is 4.37. The molecule has 0 radical (unpaired) electrons. The van der Waals surface area contributed by atoms with E-state index in [0.29, 0.717) is 19.5 Å². The van der Waals surface area contributed by atoms with Gasteiger partial charge in [0, 0.05) is 13.1 Å². The molecule has 0 aromatic rings. The first-order chi connectivity index (χ1) is 6.42. The summed E-state index contributed by atoms with van der Waals surface area (Å²) in [7, 11) is 0. The maximum Gasteiger partial charge on any atom is 0.410 e. The molecule has 1 aliphatic rings. The van der Waals surface area contributed by atoms with Crippen LogP contribution in [0.2, 0.25) is 0 Å². The number of amides is 2. The predicted molar refractivity (Wildman–Crippen MR) is 50.8 cm³/mol. The smallest absolute Gasteiger partial charge is 0.410 e. The minimum absolute atomic E-state index is 0.0834. The van der Waals surface area contributed by atoms with Crippen LogP contribution in [0.3, 0.4) is 0 Å². The summed E-state index contributed by atoms with van der Waals surface area (Å²) >= 11 is 0. The van der Waals surface area contributed by atoms with Gasteiger partial charge < -0.3 is 15.0 Å². The zero-order valence-electron chi connectivity index (χ0n) is 8.74. The molecule has 5 heteroatoms. The molecule has 0 aliphatic carbocycles. The standard InChI is InChI=1S/C9H16N2O3/c1-9(2,3)14-8(13)11-4-7(5-11)10-6-12/h6-7H,4-5H2,1-3H3,(H,10,12). The van der Waals surface area contributed by atoms with E-state index < -0.39 is 5.60 Å². The molecular weight excluding hydrogens is 184 g/mol. The third kappa shape index (κ3) is 2.90. The molecular formula is C9H16N2O3. The Morgan fingerprint density at radius 1 is 1.50 bits per heavy atom. The largest absolute Gasteiger partial charge is 0.444 e. The molecule has 1 aliphatic heterocycles. The van der Waals surface area contributed by atoms with Crippen molar-refractivity contribution >= 4 is 12.5 Å². The molecule has 0 saturated carbocycles. The number of hydrogen-bond acceptors (Lipinski definition) is 3. The number of ether oxygens (including phenoxy) is 1. The lowest BCUT2D eigenvalue weighted by Crippen LogP contribution is -2.60. The molecule has 14 heavy (non-hydrogen) atoms. The number of carbonyl (C=O) groups excluding carboxylic acids is 2. The molecule has 0 atom stereocenters. The summed E-state index contributed by atoms with van der Waals surface area (Å²) in [6, 6.07) is 0.0834. The molecule has 0 aromatic heterocycles. The van der Waals surface area contributed by atoms with Crippen molar-refractivity contribution in [1.82, 2.24) is 10.2 Å². The van der Waals surface area contributed by atoms with Crippen LogP contribution in [-0.4, -0.2) is 42.1 Å². The number of rotatable bonds is 2. The molecule has 0 unspecified atom stereocenters. The molecule has 1 rings (SSSR count). The highest BCUT2D eigenvalue weighted by Gasteiger charge is 2.33. The summed E-state index contributed by atoms with van der Waals surface area (Å²) in [5.74, 6) is 0. The van der Waals surface area contributed by atoms with E-state index in [0.717, 1.165) is 0 Å². The van der Waals surface area contributed by atoms with Gasteiger partial charge in [-0.25, -0.2) is 4.79 Å². The van der Waals surface area contributed by atoms with Gasteiger partial charge in [0.15, 0.2) is 0 Å². The Labute approximate surface area is 83.4 Å². The van der Waals surface area contributed by atoms with Gasteiger partial charge in [0.1, 0.15) is 5.60 Å². The van der Waals surface area contributed by atoms with E-state index >= 15 is 0 Å². The summed E-state index contributed by atoms with van der Waals surface area (Å²) in [6.07, 6.45) is 0.332. The average Bonchev–Trinajstić information content (AvgIpc) is 1.91. The molecule has 1 fully saturated rings. The zero-order chi connectivity index (χ0) is 10.8. The van der Waals surface area contributed by atoms with E-state index in [2.05, 4.69) is 5.32 Å². The summed E-state index contributed by atoms with van der Waals surface area (Å²) in [4.78, 5) is 23.0. The quantitative estimate of drug-likeness (QED) is 0.654. The van der Waals surface area contributed by atoms with E-state index in [4.69, 9.17) is 4.74 Å². The SMILES string of the molecule is CC(C)(C)OC(=O)N1CC(NC=O)C1. The number of nitrogens with one attached hydrogen (secondary N) is 1.